The van der Waals surface area contributed by atoms with Gasteiger partial charge in [0.1, 0.15) is 0 Å². The van der Waals surface area contributed by atoms with Crippen LogP contribution in [0, 0.1) is 0 Å². The summed E-state index contributed by atoms with van der Waals surface area (Å²) in [6, 6.07) is 6.72. The maximum absolute atomic E-state index is 6.17. The number of nitrogens with two attached hydrogens (primary N) is 1. The average molecular weight is 245 g/mol. The molecule has 2 N–H and O–H groups in total. The summed E-state index contributed by atoms with van der Waals surface area (Å²) in [5.74, 6) is 0. The minimum atomic E-state index is 0.251. The van der Waals surface area contributed by atoms with Crippen LogP contribution < -0.4 is 5.73 Å². The molecule has 1 aliphatic carbocycles. The van der Waals surface area contributed by atoms with Gasteiger partial charge >= 0.3 is 0 Å². The Morgan fingerprint density at radius 3 is 2.78 bits per heavy atom. The Kier molecular flexibility index (Phi) is 3.40. The van der Waals surface area contributed by atoms with E-state index in [0.717, 1.165) is 26.2 Å². The molecule has 1 fully saturated rings. The number of benzene rings is 1. The summed E-state index contributed by atoms with van der Waals surface area (Å²) in [5, 5.41) is 0. The van der Waals surface area contributed by atoms with E-state index in [2.05, 4.69) is 18.2 Å². The molecule has 98 valence electrons. The van der Waals surface area contributed by atoms with Crippen LogP contribution >= 0.6 is 0 Å². The first-order chi connectivity index (χ1) is 8.86. The molecule has 0 atom stereocenters. The quantitative estimate of drug-likeness (QED) is 0.869. The molecule has 2 aliphatic rings. The Bertz CT molecular complexity index is 421. The van der Waals surface area contributed by atoms with Gasteiger partial charge in [0.25, 0.3) is 0 Å². The Hall–Kier alpha value is -0.860. The molecule has 2 heteroatoms. The summed E-state index contributed by atoms with van der Waals surface area (Å²) in [4.78, 5) is 0. The van der Waals surface area contributed by atoms with Gasteiger partial charge in [-0.1, -0.05) is 37.5 Å². The first-order valence-corrected chi connectivity index (χ1v) is 7.25. The highest BCUT2D eigenvalue weighted by Crippen LogP contribution is 2.41. The number of hydrogen-bond donors (Lipinski definition) is 1. The summed E-state index contributed by atoms with van der Waals surface area (Å²) in [5.41, 5.74) is 10.9. The number of hydrogen-bond acceptors (Lipinski definition) is 2. The van der Waals surface area contributed by atoms with Crippen molar-refractivity contribution in [3.05, 3.63) is 34.9 Å². The largest absolute Gasteiger partial charge is 0.376 e. The van der Waals surface area contributed by atoms with Crippen LogP contribution in [0.3, 0.4) is 0 Å². The zero-order chi connectivity index (χ0) is 12.4. The van der Waals surface area contributed by atoms with Crippen LogP contribution in [-0.2, 0) is 23.2 Å². The molecule has 0 aromatic heterocycles. The fraction of sp³-hybridized carbons (Fsp3) is 0.625. The lowest BCUT2D eigenvalue weighted by Crippen LogP contribution is -2.38. The van der Waals surface area contributed by atoms with Crippen molar-refractivity contribution >= 4 is 0 Å². The molecule has 2 nitrogen and oxygen atoms in total. The van der Waals surface area contributed by atoms with Crippen LogP contribution in [0.4, 0.5) is 0 Å². The maximum atomic E-state index is 6.17. The third kappa shape index (κ3) is 1.98. The van der Waals surface area contributed by atoms with Crippen LogP contribution in [0.1, 0.15) is 48.8 Å². The van der Waals surface area contributed by atoms with Gasteiger partial charge in [-0.05, 0) is 36.0 Å². The smallest absolute Gasteiger partial charge is 0.0719 e. The maximum Gasteiger partial charge on any atom is 0.0719 e. The molecule has 0 bridgehead atoms. The Morgan fingerprint density at radius 2 is 2.00 bits per heavy atom. The normalized spacial score (nSPS) is 22.5. The lowest BCUT2D eigenvalue weighted by atomic mass is 9.67. The topological polar surface area (TPSA) is 35.2 Å². The predicted octanol–water partition coefficient (Wildman–Crippen LogP) is 2.92. The second-order valence-corrected chi connectivity index (χ2v) is 5.79. The Balaban J connectivity index is 2.04. The van der Waals surface area contributed by atoms with Crippen LogP contribution in [0.25, 0.3) is 0 Å². The van der Waals surface area contributed by atoms with E-state index >= 15 is 0 Å². The number of rotatable bonds is 2. The highest BCUT2D eigenvalue weighted by Gasteiger charge is 2.35. The molecule has 0 spiro atoms. The molecule has 0 radical (unpaired) electrons. The molecule has 1 aromatic rings. The van der Waals surface area contributed by atoms with Gasteiger partial charge in [0.2, 0.25) is 0 Å². The fourth-order valence-electron chi connectivity index (χ4n) is 3.73. The van der Waals surface area contributed by atoms with E-state index < -0.39 is 0 Å². The second-order valence-electron chi connectivity index (χ2n) is 5.79. The standard InChI is InChI=1S/C16H23NO/c17-12-16(8-2-1-3-9-16)15-6-4-5-13-11-18-10-7-14(13)15/h4-6H,1-3,7-12,17H2. The second kappa shape index (κ2) is 5.02. The van der Waals surface area contributed by atoms with Crippen molar-refractivity contribution in [2.45, 2.75) is 50.5 Å². The first kappa shape index (κ1) is 12.2. The summed E-state index contributed by atoms with van der Waals surface area (Å²) in [6.45, 7) is 2.44. The van der Waals surface area contributed by atoms with E-state index in [1.807, 2.05) is 0 Å². The van der Waals surface area contributed by atoms with E-state index in [4.69, 9.17) is 10.5 Å². The van der Waals surface area contributed by atoms with Crippen molar-refractivity contribution in [2.24, 2.45) is 5.73 Å². The zero-order valence-corrected chi connectivity index (χ0v) is 11.1. The molecule has 1 heterocycles. The minimum absolute atomic E-state index is 0.251. The number of ether oxygens (including phenoxy) is 1. The van der Waals surface area contributed by atoms with E-state index in [1.54, 1.807) is 0 Å². The minimum Gasteiger partial charge on any atom is -0.376 e. The van der Waals surface area contributed by atoms with Gasteiger partial charge in [0.15, 0.2) is 0 Å². The highest BCUT2D eigenvalue weighted by molar-refractivity contribution is 5.41. The Morgan fingerprint density at radius 1 is 1.17 bits per heavy atom. The lowest BCUT2D eigenvalue weighted by molar-refractivity contribution is 0.109. The molecule has 1 saturated carbocycles. The molecular formula is C16H23NO. The monoisotopic (exact) mass is 245 g/mol. The van der Waals surface area contributed by atoms with E-state index in [-0.39, 0.29) is 5.41 Å². The van der Waals surface area contributed by atoms with Crippen molar-refractivity contribution in [2.75, 3.05) is 13.2 Å². The third-order valence-electron chi connectivity index (χ3n) is 4.80. The van der Waals surface area contributed by atoms with Crippen LogP contribution in [-0.4, -0.2) is 13.2 Å². The van der Waals surface area contributed by atoms with Crippen LogP contribution in [0.2, 0.25) is 0 Å². The van der Waals surface area contributed by atoms with Crippen molar-refractivity contribution in [3.8, 4) is 0 Å². The van der Waals surface area contributed by atoms with Gasteiger partial charge in [-0.3, -0.25) is 0 Å². The fourth-order valence-corrected chi connectivity index (χ4v) is 3.73. The SMILES string of the molecule is NCC1(c2cccc3c2CCOC3)CCCCC1. The molecule has 0 amide bonds. The molecule has 18 heavy (non-hydrogen) atoms. The highest BCUT2D eigenvalue weighted by atomic mass is 16.5. The van der Waals surface area contributed by atoms with Crippen molar-refractivity contribution in [3.63, 3.8) is 0 Å². The van der Waals surface area contributed by atoms with Crippen LogP contribution in [0.5, 0.6) is 0 Å². The first-order valence-electron chi connectivity index (χ1n) is 7.25. The van der Waals surface area contributed by atoms with Crippen LogP contribution in [0.15, 0.2) is 18.2 Å². The van der Waals surface area contributed by atoms with Gasteiger partial charge in [0.05, 0.1) is 13.2 Å². The Labute approximate surface area is 110 Å². The molecule has 0 saturated heterocycles. The van der Waals surface area contributed by atoms with Gasteiger partial charge in [-0.25, -0.2) is 0 Å². The van der Waals surface area contributed by atoms with Gasteiger partial charge < -0.3 is 10.5 Å². The molecule has 0 unspecified atom stereocenters. The zero-order valence-electron chi connectivity index (χ0n) is 11.1. The summed E-state index contributed by atoms with van der Waals surface area (Å²) >= 11 is 0. The van der Waals surface area contributed by atoms with E-state index in [0.29, 0.717) is 0 Å². The molecule has 3 rings (SSSR count). The van der Waals surface area contributed by atoms with Crippen molar-refractivity contribution < 1.29 is 4.74 Å². The predicted molar refractivity (Wildman–Crippen MR) is 73.6 cm³/mol. The van der Waals surface area contributed by atoms with Gasteiger partial charge in [-0.2, -0.15) is 0 Å². The van der Waals surface area contributed by atoms with E-state index in [9.17, 15) is 0 Å². The number of fused-ring (bicyclic) bond motifs is 1. The average Bonchev–Trinajstić information content (AvgIpc) is 2.47. The molecule has 1 aromatic carbocycles. The summed E-state index contributed by atoms with van der Waals surface area (Å²) < 4.78 is 5.57. The van der Waals surface area contributed by atoms with Crippen molar-refractivity contribution in [1.29, 1.82) is 0 Å². The van der Waals surface area contributed by atoms with Gasteiger partial charge in [0, 0.05) is 12.0 Å². The van der Waals surface area contributed by atoms with E-state index in [1.165, 1.54) is 48.8 Å². The summed E-state index contributed by atoms with van der Waals surface area (Å²) in [6.07, 6.45) is 7.63. The third-order valence-corrected chi connectivity index (χ3v) is 4.80. The summed E-state index contributed by atoms with van der Waals surface area (Å²) in [7, 11) is 0. The molecular weight excluding hydrogens is 222 g/mol. The lowest BCUT2D eigenvalue weighted by Gasteiger charge is -2.39. The van der Waals surface area contributed by atoms with Gasteiger partial charge in [-0.15, -0.1) is 0 Å². The molecule has 1 aliphatic heterocycles. The van der Waals surface area contributed by atoms with Crippen molar-refractivity contribution in [1.82, 2.24) is 0 Å².